The molecule has 0 N–H and O–H groups in total. The van der Waals surface area contributed by atoms with Crippen LogP contribution in [-0.4, -0.2) is 72.8 Å². The van der Waals surface area contributed by atoms with Gasteiger partial charge in [0, 0.05) is 25.4 Å². The number of rotatable bonds is 5. The van der Waals surface area contributed by atoms with Gasteiger partial charge in [0.05, 0.1) is 43.6 Å². The highest BCUT2D eigenvalue weighted by Crippen LogP contribution is 2.28. The quantitative estimate of drug-likeness (QED) is 0.573. The van der Waals surface area contributed by atoms with Crippen molar-refractivity contribution in [2.45, 2.75) is 13.0 Å². The number of hydrogen-bond donors (Lipinski definition) is 0. The highest BCUT2D eigenvalue weighted by molar-refractivity contribution is 5.92. The van der Waals surface area contributed by atoms with E-state index in [1.807, 2.05) is 17.0 Å². The van der Waals surface area contributed by atoms with Crippen molar-refractivity contribution in [3.63, 3.8) is 0 Å². The normalized spacial score (nSPS) is 18.6. The van der Waals surface area contributed by atoms with Crippen molar-refractivity contribution in [3.05, 3.63) is 54.0 Å². The second-order valence-corrected chi connectivity index (χ2v) is 8.36. The van der Waals surface area contributed by atoms with Crippen LogP contribution in [0.5, 0.6) is 5.88 Å². The minimum atomic E-state index is -0.539. The lowest BCUT2D eigenvalue weighted by molar-refractivity contribution is -0.132. The summed E-state index contributed by atoms with van der Waals surface area (Å²) in [4.78, 5) is 39.3. The zero-order valence-electron chi connectivity index (χ0n) is 18.9. The Bertz CT molecular complexity index is 1270. The molecule has 2 saturated heterocycles. The lowest BCUT2D eigenvalue weighted by Crippen LogP contribution is -2.52. The summed E-state index contributed by atoms with van der Waals surface area (Å²) in [5.74, 6) is 0.0264. The van der Waals surface area contributed by atoms with E-state index >= 15 is 0 Å². The molecule has 0 saturated carbocycles. The van der Waals surface area contributed by atoms with Crippen molar-refractivity contribution in [2.75, 3.05) is 49.6 Å². The summed E-state index contributed by atoms with van der Waals surface area (Å²) >= 11 is 0. The van der Waals surface area contributed by atoms with Gasteiger partial charge in [-0.05, 0) is 36.8 Å². The molecule has 5 rings (SSSR count). The molecule has 2 aliphatic heterocycles. The van der Waals surface area contributed by atoms with Crippen LogP contribution in [0.3, 0.4) is 0 Å². The third-order valence-electron chi connectivity index (χ3n) is 6.17. The molecule has 0 spiro atoms. The number of benzene rings is 1. The number of halogens is 1. The predicted octanol–water partition coefficient (Wildman–Crippen LogP) is 2.76. The van der Waals surface area contributed by atoms with E-state index in [2.05, 4.69) is 9.97 Å². The van der Waals surface area contributed by atoms with Crippen molar-refractivity contribution in [1.82, 2.24) is 14.9 Å². The third kappa shape index (κ3) is 4.07. The van der Waals surface area contributed by atoms with Gasteiger partial charge in [0.1, 0.15) is 17.4 Å². The average molecular weight is 465 g/mol. The minimum absolute atomic E-state index is 0.0741. The van der Waals surface area contributed by atoms with Gasteiger partial charge in [0.15, 0.2) is 0 Å². The zero-order valence-corrected chi connectivity index (χ0v) is 18.9. The van der Waals surface area contributed by atoms with E-state index < -0.39 is 12.2 Å². The number of anilines is 2. The second-order valence-electron chi connectivity index (χ2n) is 8.36. The number of piperazine rings is 1. The summed E-state index contributed by atoms with van der Waals surface area (Å²) in [5.41, 5.74) is 3.16. The number of aryl methyl sites for hydroxylation is 1. The molecule has 0 unspecified atom stereocenters. The fourth-order valence-electron chi connectivity index (χ4n) is 4.29. The summed E-state index contributed by atoms with van der Waals surface area (Å²) in [6.07, 6.45) is 0.672. The molecule has 10 heteroatoms. The van der Waals surface area contributed by atoms with Crippen LogP contribution in [0.25, 0.3) is 11.0 Å². The van der Waals surface area contributed by atoms with E-state index in [1.54, 1.807) is 43.3 Å². The van der Waals surface area contributed by atoms with Crippen molar-refractivity contribution in [2.24, 2.45) is 0 Å². The van der Waals surface area contributed by atoms with Crippen LogP contribution in [0.2, 0.25) is 0 Å². The van der Waals surface area contributed by atoms with E-state index in [0.717, 1.165) is 11.2 Å². The van der Waals surface area contributed by atoms with Crippen LogP contribution in [0.1, 0.15) is 5.56 Å². The summed E-state index contributed by atoms with van der Waals surface area (Å²) < 4.78 is 24.7. The van der Waals surface area contributed by atoms with E-state index in [4.69, 9.17) is 9.47 Å². The molecule has 1 atom stereocenters. The number of fused-ring (bicyclic) bond motifs is 1. The van der Waals surface area contributed by atoms with Gasteiger partial charge in [-0.2, -0.15) is 0 Å². The third-order valence-corrected chi connectivity index (χ3v) is 6.17. The molecular weight excluding hydrogens is 441 g/mol. The molecule has 4 heterocycles. The Morgan fingerprint density at radius 3 is 2.79 bits per heavy atom. The number of carbonyl (C=O) groups excluding carboxylic acids is 2. The number of carbonyl (C=O) groups is 2. The number of nitrogens with zero attached hydrogens (tertiary/aromatic N) is 5. The fourth-order valence-corrected chi connectivity index (χ4v) is 4.29. The number of cyclic esters (lactones) is 1. The molecular formula is C24H24FN5O4. The van der Waals surface area contributed by atoms with Crippen molar-refractivity contribution in [1.29, 1.82) is 0 Å². The standard InChI is InChI=1S/C24H24FN5O4/c1-15-3-4-16(11-18(15)25)30-13-17(34-24(30)32)12-29-10-9-28(14-22(29)31)20-7-8-26-19-5-6-21(33-2)27-23(19)20/h3-8,11,17H,9-10,12-14H2,1-2H3/t17-/m0/s1. The molecule has 2 aromatic heterocycles. The van der Waals surface area contributed by atoms with Crippen molar-refractivity contribution in [3.8, 4) is 5.88 Å². The Balaban J connectivity index is 1.26. The predicted molar refractivity (Wildman–Crippen MR) is 124 cm³/mol. The van der Waals surface area contributed by atoms with Gasteiger partial charge in [-0.15, -0.1) is 0 Å². The van der Waals surface area contributed by atoms with Gasteiger partial charge in [-0.25, -0.2) is 14.2 Å². The van der Waals surface area contributed by atoms with E-state index in [9.17, 15) is 14.0 Å². The maximum atomic E-state index is 13.9. The summed E-state index contributed by atoms with van der Waals surface area (Å²) in [5, 5.41) is 0. The number of pyridine rings is 2. The minimum Gasteiger partial charge on any atom is -0.481 e. The Labute approximate surface area is 195 Å². The number of aromatic nitrogens is 2. The Morgan fingerprint density at radius 1 is 1.18 bits per heavy atom. The van der Waals surface area contributed by atoms with Crippen LogP contribution in [0.15, 0.2) is 42.6 Å². The van der Waals surface area contributed by atoms with Crippen molar-refractivity contribution >= 4 is 34.4 Å². The van der Waals surface area contributed by atoms with Crippen LogP contribution in [0.4, 0.5) is 20.6 Å². The van der Waals surface area contributed by atoms with E-state index in [0.29, 0.717) is 35.7 Å². The molecule has 0 aliphatic carbocycles. The molecule has 2 aliphatic rings. The van der Waals surface area contributed by atoms with Crippen LogP contribution >= 0.6 is 0 Å². The lowest BCUT2D eigenvalue weighted by atomic mass is 10.2. The Morgan fingerprint density at radius 2 is 2.03 bits per heavy atom. The molecule has 3 aromatic rings. The first-order chi connectivity index (χ1) is 16.4. The molecule has 2 fully saturated rings. The molecule has 0 bridgehead atoms. The molecule has 2 amide bonds. The van der Waals surface area contributed by atoms with Crippen LogP contribution in [-0.2, 0) is 9.53 Å². The molecule has 1 aromatic carbocycles. The Hall–Kier alpha value is -3.95. The van der Waals surface area contributed by atoms with Gasteiger partial charge in [0.2, 0.25) is 11.8 Å². The first kappa shape index (κ1) is 21.9. The van der Waals surface area contributed by atoms with Crippen molar-refractivity contribution < 1.29 is 23.5 Å². The molecule has 0 radical (unpaired) electrons. The lowest BCUT2D eigenvalue weighted by Gasteiger charge is -2.36. The van der Waals surface area contributed by atoms with E-state index in [1.165, 1.54) is 11.0 Å². The van der Waals surface area contributed by atoms with Gasteiger partial charge >= 0.3 is 6.09 Å². The first-order valence-corrected chi connectivity index (χ1v) is 11.0. The zero-order chi connectivity index (χ0) is 23.8. The largest absolute Gasteiger partial charge is 0.481 e. The number of methoxy groups -OCH3 is 1. The molecule has 176 valence electrons. The van der Waals surface area contributed by atoms with Crippen LogP contribution in [0, 0.1) is 12.7 Å². The summed E-state index contributed by atoms with van der Waals surface area (Å²) in [6.45, 7) is 3.44. The molecule has 34 heavy (non-hydrogen) atoms. The number of hydrogen-bond acceptors (Lipinski definition) is 7. The van der Waals surface area contributed by atoms with E-state index in [-0.39, 0.29) is 31.4 Å². The highest BCUT2D eigenvalue weighted by Gasteiger charge is 2.36. The van der Waals surface area contributed by atoms with Gasteiger partial charge in [0.25, 0.3) is 0 Å². The highest BCUT2D eigenvalue weighted by atomic mass is 19.1. The smallest absolute Gasteiger partial charge is 0.414 e. The monoisotopic (exact) mass is 465 g/mol. The summed E-state index contributed by atoms with van der Waals surface area (Å²) in [6, 6.07) is 10.1. The van der Waals surface area contributed by atoms with Crippen LogP contribution < -0.4 is 14.5 Å². The molecule has 9 nitrogen and oxygen atoms in total. The topological polar surface area (TPSA) is 88.1 Å². The Kier molecular flexibility index (Phi) is 5.64. The average Bonchev–Trinajstić information content (AvgIpc) is 3.21. The fraction of sp³-hybridized carbons (Fsp3) is 0.333. The van der Waals surface area contributed by atoms with Gasteiger partial charge in [-0.3, -0.25) is 14.7 Å². The first-order valence-electron chi connectivity index (χ1n) is 11.0. The number of ether oxygens (including phenoxy) is 2. The maximum absolute atomic E-state index is 13.9. The number of amides is 2. The van der Waals surface area contributed by atoms with Gasteiger partial charge in [-0.1, -0.05) is 6.07 Å². The SMILES string of the molecule is COc1ccc2nccc(N3CCN(C[C@H]4CN(c5ccc(C)c(F)c5)C(=O)O4)C(=O)C3)c2n1. The summed E-state index contributed by atoms with van der Waals surface area (Å²) in [7, 11) is 1.55. The van der Waals surface area contributed by atoms with Gasteiger partial charge < -0.3 is 19.3 Å². The second kappa shape index (κ2) is 8.77. The maximum Gasteiger partial charge on any atom is 0.414 e.